The first-order chi connectivity index (χ1) is 13.1. The third-order valence-corrected chi connectivity index (χ3v) is 4.58. The molecule has 3 N–H and O–H groups in total. The Hall–Kier alpha value is -3.09. The molecule has 4 aromatic rings. The molecule has 0 spiro atoms. The fourth-order valence-electron chi connectivity index (χ4n) is 2.69. The molecule has 4 rings (SSSR count). The molecule has 0 saturated heterocycles. The van der Waals surface area contributed by atoms with Crippen LogP contribution in [-0.4, -0.2) is 27.3 Å². The molecule has 2 aromatic heterocycles. The van der Waals surface area contributed by atoms with E-state index in [0.717, 1.165) is 16.5 Å². The summed E-state index contributed by atoms with van der Waals surface area (Å²) in [7, 11) is 0. The number of hydrogen-bond acceptors (Lipinski definition) is 3. The molecule has 2 aromatic carbocycles. The van der Waals surface area contributed by atoms with Crippen LogP contribution in [-0.2, 0) is 0 Å². The van der Waals surface area contributed by atoms with Gasteiger partial charge in [0, 0.05) is 33.2 Å². The van der Waals surface area contributed by atoms with Gasteiger partial charge < -0.3 is 4.98 Å². The minimum atomic E-state index is -0.414. The van der Waals surface area contributed by atoms with Gasteiger partial charge in [0.1, 0.15) is 5.69 Å². The average Bonchev–Trinajstić information content (AvgIpc) is 3.31. The van der Waals surface area contributed by atoms with Crippen LogP contribution in [0.25, 0.3) is 22.2 Å². The maximum absolute atomic E-state index is 12.3. The highest BCUT2D eigenvalue weighted by Gasteiger charge is 2.13. The van der Waals surface area contributed by atoms with Crippen LogP contribution in [0.1, 0.15) is 16.1 Å². The summed E-state index contributed by atoms with van der Waals surface area (Å²) in [6.45, 7) is 0. The first-order valence-electron chi connectivity index (χ1n) is 8.02. The van der Waals surface area contributed by atoms with Gasteiger partial charge in [0.05, 0.1) is 16.9 Å². The van der Waals surface area contributed by atoms with E-state index < -0.39 is 5.91 Å². The highest BCUT2D eigenvalue weighted by atomic mass is 35.5. The van der Waals surface area contributed by atoms with Gasteiger partial charge in [-0.25, -0.2) is 5.43 Å². The molecule has 0 fully saturated rings. The molecule has 134 valence electrons. The Kier molecular flexibility index (Phi) is 4.66. The molecule has 0 aliphatic carbocycles. The van der Waals surface area contributed by atoms with Crippen molar-refractivity contribution in [1.29, 1.82) is 0 Å². The molecule has 0 aliphatic rings. The number of benzene rings is 2. The number of aromatic amines is 2. The quantitative estimate of drug-likeness (QED) is 0.346. The number of H-pyrrole nitrogens is 2. The van der Waals surface area contributed by atoms with Crippen molar-refractivity contribution in [3.63, 3.8) is 0 Å². The van der Waals surface area contributed by atoms with Crippen LogP contribution in [0.15, 0.2) is 59.8 Å². The standard InChI is InChI=1S/C19H13Cl2N5O/c20-12-5-6-15(21)14(7-12)17-8-18(25-24-17)19(27)26-23-10-11-9-22-16-4-2-1-3-13(11)16/h1-10,22H,(H,24,25)(H,26,27)/b23-10+. The zero-order chi connectivity index (χ0) is 18.8. The summed E-state index contributed by atoms with van der Waals surface area (Å²) < 4.78 is 0. The van der Waals surface area contributed by atoms with Crippen LogP contribution in [0.2, 0.25) is 10.0 Å². The van der Waals surface area contributed by atoms with Crippen molar-refractivity contribution in [3.8, 4) is 11.3 Å². The summed E-state index contributed by atoms with van der Waals surface area (Å²) in [5.41, 5.74) is 5.78. The minimum Gasteiger partial charge on any atom is -0.361 e. The zero-order valence-electron chi connectivity index (χ0n) is 13.8. The van der Waals surface area contributed by atoms with E-state index in [2.05, 4.69) is 25.7 Å². The van der Waals surface area contributed by atoms with E-state index in [1.807, 2.05) is 30.5 Å². The Bertz CT molecular complexity index is 1160. The number of aromatic nitrogens is 3. The van der Waals surface area contributed by atoms with Gasteiger partial charge in [-0.1, -0.05) is 41.4 Å². The largest absolute Gasteiger partial charge is 0.361 e. The van der Waals surface area contributed by atoms with Crippen LogP contribution >= 0.6 is 23.2 Å². The van der Waals surface area contributed by atoms with Gasteiger partial charge in [-0.3, -0.25) is 9.89 Å². The Morgan fingerprint density at radius 3 is 2.89 bits per heavy atom. The van der Waals surface area contributed by atoms with Crippen molar-refractivity contribution in [2.24, 2.45) is 5.10 Å². The fourth-order valence-corrected chi connectivity index (χ4v) is 3.08. The van der Waals surface area contributed by atoms with E-state index >= 15 is 0 Å². The van der Waals surface area contributed by atoms with E-state index in [0.29, 0.717) is 21.3 Å². The number of para-hydroxylation sites is 1. The summed E-state index contributed by atoms with van der Waals surface area (Å²) >= 11 is 12.2. The molecule has 0 radical (unpaired) electrons. The van der Waals surface area contributed by atoms with Crippen molar-refractivity contribution < 1.29 is 4.79 Å². The third-order valence-electron chi connectivity index (χ3n) is 4.02. The molecule has 0 aliphatic heterocycles. The Labute approximate surface area is 164 Å². The van der Waals surface area contributed by atoms with E-state index in [4.69, 9.17) is 23.2 Å². The second-order valence-corrected chi connectivity index (χ2v) is 6.62. The number of carbonyl (C=O) groups excluding carboxylic acids is 1. The number of carbonyl (C=O) groups is 1. The maximum Gasteiger partial charge on any atom is 0.289 e. The van der Waals surface area contributed by atoms with Gasteiger partial charge in [-0.05, 0) is 30.3 Å². The number of hydrogen-bond donors (Lipinski definition) is 3. The predicted octanol–water partition coefficient (Wildman–Crippen LogP) is 4.63. The van der Waals surface area contributed by atoms with Crippen LogP contribution in [0.4, 0.5) is 0 Å². The molecule has 0 saturated carbocycles. The first-order valence-corrected chi connectivity index (χ1v) is 8.78. The second-order valence-electron chi connectivity index (χ2n) is 5.78. The summed E-state index contributed by atoms with van der Waals surface area (Å²) in [5, 5.41) is 12.9. The first kappa shape index (κ1) is 17.3. The van der Waals surface area contributed by atoms with Gasteiger partial charge in [-0.15, -0.1) is 0 Å². The zero-order valence-corrected chi connectivity index (χ0v) is 15.3. The SMILES string of the molecule is O=C(N/N=C/c1c[nH]c2ccccc12)c1cc(-c2cc(Cl)ccc2Cl)n[nH]1. The Morgan fingerprint density at radius 2 is 2.00 bits per heavy atom. The monoisotopic (exact) mass is 397 g/mol. The Morgan fingerprint density at radius 1 is 1.15 bits per heavy atom. The van der Waals surface area contributed by atoms with Crippen molar-refractivity contribution >= 4 is 46.2 Å². The Balaban J connectivity index is 1.49. The van der Waals surface area contributed by atoms with Crippen LogP contribution in [0, 0.1) is 0 Å². The van der Waals surface area contributed by atoms with Gasteiger partial charge in [0.25, 0.3) is 5.91 Å². The number of nitrogens with zero attached hydrogens (tertiary/aromatic N) is 2. The molecule has 27 heavy (non-hydrogen) atoms. The van der Waals surface area contributed by atoms with E-state index in [1.165, 1.54) is 0 Å². The van der Waals surface area contributed by atoms with Gasteiger partial charge in [0.2, 0.25) is 0 Å². The lowest BCUT2D eigenvalue weighted by atomic mass is 10.1. The summed E-state index contributed by atoms with van der Waals surface area (Å²) in [4.78, 5) is 15.4. The van der Waals surface area contributed by atoms with Crippen molar-refractivity contribution in [1.82, 2.24) is 20.6 Å². The maximum atomic E-state index is 12.3. The lowest BCUT2D eigenvalue weighted by Gasteiger charge is -2.00. The molecule has 0 atom stereocenters. The number of nitrogens with one attached hydrogen (secondary N) is 3. The molecule has 6 nitrogen and oxygen atoms in total. The molecule has 8 heteroatoms. The number of amides is 1. The molecule has 2 heterocycles. The number of halogens is 2. The molecular formula is C19H13Cl2N5O. The van der Waals surface area contributed by atoms with Gasteiger partial charge >= 0.3 is 0 Å². The van der Waals surface area contributed by atoms with Gasteiger partial charge in [-0.2, -0.15) is 10.2 Å². The predicted molar refractivity (Wildman–Crippen MR) is 107 cm³/mol. The van der Waals surface area contributed by atoms with E-state index in [9.17, 15) is 4.79 Å². The molecule has 1 amide bonds. The number of fused-ring (bicyclic) bond motifs is 1. The van der Waals surface area contributed by atoms with Crippen LogP contribution in [0.3, 0.4) is 0 Å². The van der Waals surface area contributed by atoms with Crippen molar-refractivity contribution in [2.45, 2.75) is 0 Å². The van der Waals surface area contributed by atoms with E-state index in [-0.39, 0.29) is 5.69 Å². The topological polar surface area (TPSA) is 85.9 Å². The summed E-state index contributed by atoms with van der Waals surface area (Å²) in [6.07, 6.45) is 3.41. The second kappa shape index (κ2) is 7.26. The van der Waals surface area contributed by atoms with Crippen molar-refractivity contribution in [2.75, 3.05) is 0 Å². The highest BCUT2D eigenvalue weighted by molar-refractivity contribution is 6.35. The molecular weight excluding hydrogens is 385 g/mol. The normalized spacial score (nSPS) is 11.3. The molecule has 0 unspecified atom stereocenters. The average molecular weight is 398 g/mol. The lowest BCUT2D eigenvalue weighted by molar-refractivity contribution is 0.0950. The van der Waals surface area contributed by atoms with Crippen LogP contribution in [0.5, 0.6) is 0 Å². The van der Waals surface area contributed by atoms with Crippen LogP contribution < -0.4 is 5.43 Å². The lowest BCUT2D eigenvalue weighted by Crippen LogP contribution is -2.17. The minimum absolute atomic E-state index is 0.261. The van der Waals surface area contributed by atoms with Crippen molar-refractivity contribution in [3.05, 3.63) is 76.0 Å². The van der Waals surface area contributed by atoms with Gasteiger partial charge in [0.15, 0.2) is 0 Å². The third kappa shape index (κ3) is 3.58. The highest BCUT2D eigenvalue weighted by Crippen LogP contribution is 2.29. The molecule has 0 bridgehead atoms. The summed E-state index contributed by atoms with van der Waals surface area (Å²) in [5.74, 6) is -0.414. The fraction of sp³-hybridized carbons (Fsp3) is 0. The van der Waals surface area contributed by atoms with E-state index in [1.54, 1.807) is 30.5 Å². The smallest absolute Gasteiger partial charge is 0.289 e. The summed E-state index contributed by atoms with van der Waals surface area (Å²) in [6, 6.07) is 14.5. The number of hydrazone groups is 1. The number of rotatable bonds is 4.